The Morgan fingerprint density at radius 2 is 2.00 bits per heavy atom. The molecule has 0 aromatic heterocycles. The highest BCUT2D eigenvalue weighted by Gasteiger charge is 2.26. The van der Waals surface area contributed by atoms with E-state index in [4.69, 9.17) is 5.73 Å². The van der Waals surface area contributed by atoms with Crippen LogP contribution in [0.4, 0.5) is 20.2 Å². The summed E-state index contributed by atoms with van der Waals surface area (Å²) < 4.78 is 26.8. The first kappa shape index (κ1) is 13.9. The highest BCUT2D eigenvalue weighted by Crippen LogP contribution is 2.36. The molecule has 2 N–H and O–H groups in total. The quantitative estimate of drug-likeness (QED) is 0.822. The first-order valence-electron chi connectivity index (χ1n) is 6.35. The Kier molecular flexibility index (Phi) is 3.55. The van der Waals surface area contributed by atoms with Crippen LogP contribution in [0.3, 0.4) is 0 Å². The number of carbonyl (C=O) groups excluding carboxylic acids is 1. The van der Waals surface area contributed by atoms with Gasteiger partial charge in [-0.15, -0.1) is 11.8 Å². The van der Waals surface area contributed by atoms with Gasteiger partial charge in [0.15, 0.2) is 0 Å². The van der Waals surface area contributed by atoms with Crippen LogP contribution in [-0.2, 0) is 0 Å². The fourth-order valence-corrected chi connectivity index (χ4v) is 3.23. The topological polar surface area (TPSA) is 46.3 Å². The van der Waals surface area contributed by atoms with E-state index in [2.05, 4.69) is 0 Å². The maximum Gasteiger partial charge on any atom is 0.261 e. The van der Waals surface area contributed by atoms with Gasteiger partial charge in [-0.1, -0.05) is 0 Å². The zero-order valence-corrected chi connectivity index (χ0v) is 11.8. The minimum Gasteiger partial charge on any atom is -0.399 e. The number of hydrogen-bond donors (Lipinski definition) is 1. The molecule has 1 heterocycles. The number of anilines is 2. The molecule has 0 atom stereocenters. The van der Waals surface area contributed by atoms with Gasteiger partial charge in [0, 0.05) is 28.9 Å². The number of thioether (sulfide) groups is 1. The van der Waals surface area contributed by atoms with Crippen molar-refractivity contribution < 1.29 is 13.6 Å². The highest BCUT2D eigenvalue weighted by molar-refractivity contribution is 7.99. The summed E-state index contributed by atoms with van der Waals surface area (Å²) in [5.74, 6) is -1.34. The van der Waals surface area contributed by atoms with Crippen molar-refractivity contribution in [1.29, 1.82) is 0 Å². The van der Waals surface area contributed by atoms with Crippen LogP contribution in [0.1, 0.15) is 10.4 Å². The Balaban J connectivity index is 2.02. The van der Waals surface area contributed by atoms with Crippen LogP contribution in [0.2, 0.25) is 0 Å². The van der Waals surface area contributed by atoms with Crippen molar-refractivity contribution in [3.05, 3.63) is 53.6 Å². The molecule has 0 saturated heterocycles. The number of carbonyl (C=O) groups is 1. The average Bonchev–Trinajstić information content (AvgIpc) is 2.46. The maximum atomic E-state index is 13.8. The lowest BCUT2D eigenvalue weighted by Gasteiger charge is -2.29. The molecule has 2 aromatic rings. The molecule has 3 rings (SSSR count). The molecule has 1 aliphatic heterocycles. The largest absolute Gasteiger partial charge is 0.399 e. The normalized spacial score (nSPS) is 13.9. The summed E-state index contributed by atoms with van der Waals surface area (Å²) >= 11 is 1.62. The summed E-state index contributed by atoms with van der Waals surface area (Å²) in [5.41, 5.74) is 6.82. The maximum absolute atomic E-state index is 13.8. The van der Waals surface area contributed by atoms with E-state index in [0.29, 0.717) is 29.7 Å². The number of rotatable bonds is 1. The molecule has 1 aliphatic rings. The molecule has 0 radical (unpaired) electrons. The van der Waals surface area contributed by atoms with E-state index < -0.39 is 17.5 Å². The van der Waals surface area contributed by atoms with Crippen LogP contribution in [0.5, 0.6) is 0 Å². The molecular formula is C15H12F2N2OS. The highest BCUT2D eigenvalue weighted by atomic mass is 32.2. The number of halogens is 2. The van der Waals surface area contributed by atoms with Gasteiger partial charge in [0.05, 0.1) is 11.3 Å². The van der Waals surface area contributed by atoms with Crippen LogP contribution in [0.25, 0.3) is 0 Å². The summed E-state index contributed by atoms with van der Waals surface area (Å²) in [6.45, 7) is 0.455. The molecular weight excluding hydrogens is 294 g/mol. The van der Waals surface area contributed by atoms with Crippen LogP contribution < -0.4 is 10.6 Å². The fraction of sp³-hybridized carbons (Fsp3) is 0.133. The van der Waals surface area contributed by atoms with Gasteiger partial charge in [-0.2, -0.15) is 0 Å². The Morgan fingerprint density at radius 3 is 2.76 bits per heavy atom. The first-order valence-corrected chi connectivity index (χ1v) is 7.34. The lowest BCUT2D eigenvalue weighted by atomic mass is 10.1. The second kappa shape index (κ2) is 5.37. The Bertz CT molecular complexity index is 721. The monoisotopic (exact) mass is 306 g/mol. The Hall–Kier alpha value is -2.08. The molecule has 1 amide bonds. The van der Waals surface area contributed by atoms with Crippen molar-refractivity contribution in [2.45, 2.75) is 4.90 Å². The van der Waals surface area contributed by atoms with Gasteiger partial charge in [0.25, 0.3) is 5.91 Å². The standard InChI is InChI=1S/C15H12F2N2OS/c16-9-1-3-11(12(17)7-9)15(20)19-5-6-21-14-4-2-10(18)8-13(14)19/h1-4,7-8H,5-6,18H2. The summed E-state index contributed by atoms with van der Waals surface area (Å²) in [6.07, 6.45) is 0. The van der Waals surface area contributed by atoms with Crippen molar-refractivity contribution in [2.24, 2.45) is 0 Å². The fourth-order valence-electron chi connectivity index (χ4n) is 2.25. The second-order valence-electron chi connectivity index (χ2n) is 4.66. The Morgan fingerprint density at radius 1 is 1.19 bits per heavy atom. The smallest absolute Gasteiger partial charge is 0.261 e. The van der Waals surface area contributed by atoms with Gasteiger partial charge in [0.2, 0.25) is 0 Å². The SMILES string of the molecule is Nc1ccc2c(c1)N(C(=O)c1ccc(F)cc1F)CCS2. The number of hydrogen-bond acceptors (Lipinski definition) is 3. The lowest BCUT2D eigenvalue weighted by molar-refractivity contribution is 0.0984. The summed E-state index contributed by atoms with van der Waals surface area (Å²) in [5, 5.41) is 0. The predicted octanol–water partition coefficient (Wildman–Crippen LogP) is 3.30. The van der Waals surface area contributed by atoms with Crippen molar-refractivity contribution in [1.82, 2.24) is 0 Å². The number of nitrogen functional groups attached to an aromatic ring is 1. The van der Waals surface area contributed by atoms with Crippen molar-refractivity contribution in [3.63, 3.8) is 0 Å². The van der Waals surface area contributed by atoms with Crippen LogP contribution in [-0.4, -0.2) is 18.2 Å². The third-order valence-corrected chi connectivity index (χ3v) is 4.30. The van der Waals surface area contributed by atoms with Crippen LogP contribution in [0, 0.1) is 11.6 Å². The Labute approximate surface area is 124 Å². The van der Waals surface area contributed by atoms with Crippen molar-refractivity contribution in [3.8, 4) is 0 Å². The van der Waals surface area contributed by atoms with Crippen LogP contribution in [0.15, 0.2) is 41.3 Å². The van der Waals surface area contributed by atoms with Gasteiger partial charge in [-0.05, 0) is 30.3 Å². The molecule has 0 saturated carbocycles. The van der Waals surface area contributed by atoms with E-state index in [0.717, 1.165) is 11.0 Å². The number of nitrogens with two attached hydrogens (primary N) is 1. The van der Waals surface area contributed by atoms with Gasteiger partial charge >= 0.3 is 0 Å². The number of fused-ring (bicyclic) bond motifs is 1. The molecule has 0 aliphatic carbocycles. The number of benzene rings is 2. The minimum atomic E-state index is -0.858. The molecule has 108 valence electrons. The van der Waals surface area contributed by atoms with E-state index in [1.165, 1.54) is 11.0 Å². The van der Waals surface area contributed by atoms with Crippen molar-refractivity contribution in [2.75, 3.05) is 22.9 Å². The molecule has 0 unspecified atom stereocenters. The van der Waals surface area contributed by atoms with E-state index in [9.17, 15) is 13.6 Å². The molecule has 21 heavy (non-hydrogen) atoms. The summed E-state index contributed by atoms with van der Waals surface area (Å²) in [6, 6.07) is 8.26. The van der Waals surface area contributed by atoms with Gasteiger partial charge < -0.3 is 10.6 Å². The predicted molar refractivity (Wildman–Crippen MR) is 79.6 cm³/mol. The molecule has 0 fully saturated rings. The van der Waals surface area contributed by atoms with Gasteiger partial charge in [-0.25, -0.2) is 8.78 Å². The zero-order chi connectivity index (χ0) is 15.0. The number of nitrogens with zero attached hydrogens (tertiary/aromatic N) is 1. The first-order chi connectivity index (χ1) is 10.1. The second-order valence-corrected chi connectivity index (χ2v) is 5.79. The minimum absolute atomic E-state index is 0.142. The zero-order valence-electron chi connectivity index (χ0n) is 11.0. The lowest BCUT2D eigenvalue weighted by Crippen LogP contribution is -2.36. The molecule has 0 spiro atoms. The van der Waals surface area contributed by atoms with E-state index in [-0.39, 0.29) is 5.56 Å². The number of amides is 1. The van der Waals surface area contributed by atoms with E-state index in [1.54, 1.807) is 23.9 Å². The summed E-state index contributed by atoms with van der Waals surface area (Å²) in [4.78, 5) is 14.9. The van der Waals surface area contributed by atoms with Gasteiger partial charge in [-0.3, -0.25) is 4.79 Å². The summed E-state index contributed by atoms with van der Waals surface area (Å²) in [7, 11) is 0. The molecule has 3 nitrogen and oxygen atoms in total. The molecule has 6 heteroatoms. The van der Waals surface area contributed by atoms with E-state index in [1.807, 2.05) is 6.07 Å². The van der Waals surface area contributed by atoms with E-state index >= 15 is 0 Å². The molecule has 0 bridgehead atoms. The van der Waals surface area contributed by atoms with Crippen molar-refractivity contribution >= 4 is 29.0 Å². The third-order valence-electron chi connectivity index (χ3n) is 3.25. The average molecular weight is 306 g/mol. The molecule has 2 aromatic carbocycles. The van der Waals surface area contributed by atoms with Crippen LogP contribution >= 0.6 is 11.8 Å². The third kappa shape index (κ3) is 2.58. The van der Waals surface area contributed by atoms with Gasteiger partial charge in [0.1, 0.15) is 11.6 Å².